The third-order valence-corrected chi connectivity index (χ3v) is 4.84. The van der Waals surface area contributed by atoms with Crippen LogP contribution in [0.4, 0.5) is 5.69 Å². The average molecular weight is 395 g/mol. The lowest BCUT2D eigenvalue weighted by molar-refractivity contribution is -0.384. The van der Waals surface area contributed by atoms with E-state index in [-0.39, 0.29) is 28.1 Å². The van der Waals surface area contributed by atoms with Gasteiger partial charge >= 0.3 is 0 Å². The monoisotopic (exact) mass is 394 g/mol. The minimum absolute atomic E-state index is 0.0642. The first kappa shape index (κ1) is 19.6. The van der Waals surface area contributed by atoms with E-state index in [2.05, 4.69) is 29.6 Å². The quantitative estimate of drug-likeness (QED) is 0.442. The van der Waals surface area contributed by atoms with Gasteiger partial charge in [-0.2, -0.15) is 0 Å². The first-order valence-electron chi connectivity index (χ1n) is 8.88. The van der Waals surface area contributed by atoms with E-state index in [4.69, 9.17) is 11.6 Å². The number of nitrogens with zero attached hydrogens (tertiary/aromatic N) is 1. The number of nitro benzene ring substituents is 1. The summed E-state index contributed by atoms with van der Waals surface area (Å²) in [5, 5.41) is 13.7. The highest BCUT2D eigenvalue weighted by Crippen LogP contribution is 2.27. The summed E-state index contributed by atoms with van der Waals surface area (Å²) in [6, 6.07) is 24.1. The number of non-ortho nitro benzene ring substituents is 1. The van der Waals surface area contributed by atoms with Crippen molar-refractivity contribution < 1.29 is 9.72 Å². The molecule has 0 saturated heterocycles. The standard InChI is InChI=1S/C22H19ClN2O3/c23-21-15-18(25(27)28)11-12-20(21)22(26)24-14-13-19(16-7-3-1-4-8-16)17-9-5-2-6-10-17/h1-12,15,19H,13-14H2,(H,24,26). The molecule has 0 aliphatic carbocycles. The Labute approximate surface area is 168 Å². The molecule has 0 fully saturated rings. The van der Waals surface area contributed by atoms with Crippen LogP contribution in [0.1, 0.15) is 33.8 Å². The molecular formula is C22H19ClN2O3. The number of amides is 1. The van der Waals surface area contributed by atoms with Crippen LogP contribution in [0, 0.1) is 10.1 Å². The normalized spacial score (nSPS) is 10.6. The predicted molar refractivity (Wildman–Crippen MR) is 110 cm³/mol. The van der Waals surface area contributed by atoms with Gasteiger partial charge in [0.1, 0.15) is 0 Å². The maximum atomic E-state index is 12.4. The van der Waals surface area contributed by atoms with Crippen LogP contribution >= 0.6 is 11.6 Å². The summed E-state index contributed by atoms with van der Waals surface area (Å²) < 4.78 is 0. The average Bonchev–Trinajstić information content (AvgIpc) is 2.72. The Balaban J connectivity index is 1.69. The van der Waals surface area contributed by atoms with Crippen molar-refractivity contribution in [3.63, 3.8) is 0 Å². The van der Waals surface area contributed by atoms with Crippen molar-refractivity contribution in [1.82, 2.24) is 5.32 Å². The van der Waals surface area contributed by atoms with Crippen molar-refractivity contribution in [3.8, 4) is 0 Å². The molecule has 0 atom stereocenters. The zero-order valence-corrected chi connectivity index (χ0v) is 15.8. The fourth-order valence-corrected chi connectivity index (χ4v) is 3.38. The minimum atomic E-state index is -0.544. The second kappa shape index (κ2) is 9.15. The molecule has 1 N–H and O–H groups in total. The molecular weight excluding hydrogens is 376 g/mol. The summed E-state index contributed by atoms with van der Waals surface area (Å²) in [7, 11) is 0. The lowest BCUT2D eigenvalue weighted by Gasteiger charge is -2.18. The van der Waals surface area contributed by atoms with Crippen LogP contribution in [0.25, 0.3) is 0 Å². The molecule has 142 valence electrons. The van der Waals surface area contributed by atoms with Crippen LogP contribution in [-0.2, 0) is 0 Å². The van der Waals surface area contributed by atoms with Crippen molar-refractivity contribution in [1.29, 1.82) is 0 Å². The number of carbonyl (C=O) groups is 1. The fraction of sp³-hybridized carbons (Fsp3) is 0.136. The van der Waals surface area contributed by atoms with Gasteiger partial charge in [-0.25, -0.2) is 0 Å². The maximum absolute atomic E-state index is 12.4. The van der Waals surface area contributed by atoms with Crippen LogP contribution in [0.15, 0.2) is 78.9 Å². The SMILES string of the molecule is O=C(NCCC(c1ccccc1)c1ccccc1)c1ccc([N+](=O)[O-])cc1Cl. The molecule has 0 aliphatic rings. The Hall–Kier alpha value is -3.18. The third-order valence-electron chi connectivity index (χ3n) is 4.53. The molecule has 3 rings (SSSR count). The lowest BCUT2D eigenvalue weighted by atomic mass is 9.88. The highest BCUT2D eigenvalue weighted by atomic mass is 35.5. The summed E-state index contributed by atoms with van der Waals surface area (Å²) in [6.45, 7) is 0.445. The maximum Gasteiger partial charge on any atom is 0.270 e. The van der Waals surface area contributed by atoms with E-state index in [1.54, 1.807) is 0 Å². The molecule has 0 bridgehead atoms. The zero-order valence-electron chi connectivity index (χ0n) is 15.0. The van der Waals surface area contributed by atoms with Gasteiger partial charge in [-0.15, -0.1) is 0 Å². The molecule has 3 aromatic carbocycles. The van der Waals surface area contributed by atoms with Gasteiger partial charge in [-0.05, 0) is 23.6 Å². The van der Waals surface area contributed by atoms with Crippen molar-refractivity contribution in [3.05, 3.63) is 111 Å². The van der Waals surface area contributed by atoms with E-state index >= 15 is 0 Å². The molecule has 0 spiro atoms. The number of benzene rings is 3. The Morgan fingerprint density at radius 1 is 0.964 bits per heavy atom. The van der Waals surface area contributed by atoms with Crippen molar-refractivity contribution in [2.45, 2.75) is 12.3 Å². The van der Waals surface area contributed by atoms with E-state index in [0.717, 1.165) is 0 Å². The number of hydrogen-bond acceptors (Lipinski definition) is 3. The summed E-state index contributed by atoms with van der Waals surface area (Å²) in [5.41, 5.74) is 2.44. The second-order valence-electron chi connectivity index (χ2n) is 6.34. The van der Waals surface area contributed by atoms with Gasteiger partial charge in [0.15, 0.2) is 0 Å². The Kier molecular flexibility index (Phi) is 6.40. The van der Waals surface area contributed by atoms with Crippen molar-refractivity contribution in [2.24, 2.45) is 0 Å². The van der Waals surface area contributed by atoms with Gasteiger partial charge in [0.2, 0.25) is 0 Å². The van der Waals surface area contributed by atoms with Crippen molar-refractivity contribution in [2.75, 3.05) is 6.54 Å². The highest BCUT2D eigenvalue weighted by molar-refractivity contribution is 6.34. The summed E-state index contributed by atoms with van der Waals surface area (Å²) >= 11 is 6.04. The van der Waals surface area contributed by atoms with Crippen LogP contribution in [0.3, 0.4) is 0 Å². The zero-order chi connectivity index (χ0) is 19.9. The number of nitro groups is 1. The number of nitrogens with one attached hydrogen (secondary N) is 1. The molecule has 1 amide bonds. The third kappa shape index (κ3) is 4.75. The molecule has 28 heavy (non-hydrogen) atoms. The topological polar surface area (TPSA) is 72.2 Å². The van der Waals surface area contributed by atoms with Crippen LogP contribution in [0.2, 0.25) is 5.02 Å². The molecule has 0 aliphatic heterocycles. The van der Waals surface area contributed by atoms with E-state index in [1.807, 2.05) is 36.4 Å². The van der Waals surface area contributed by atoms with Gasteiger partial charge in [-0.1, -0.05) is 72.3 Å². The van der Waals surface area contributed by atoms with E-state index in [9.17, 15) is 14.9 Å². The van der Waals surface area contributed by atoms with E-state index in [0.29, 0.717) is 13.0 Å². The summed E-state index contributed by atoms with van der Waals surface area (Å²) in [5.74, 6) is -0.199. The van der Waals surface area contributed by atoms with Gasteiger partial charge < -0.3 is 5.32 Å². The smallest absolute Gasteiger partial charge is 0.270 e. The first-order chi connectivity index (χ1) is 13.6. The van der Waals surface area contributed by atoms with Gasteiger partial charge in [0.05, 0.1) is 15.5 Å². The van der Waals surface area contributed by atoms with Crippen molar-refractivity contribution >= 4 is 23.2 Å². The Morgan fingerprint density at radius 3 is 2.04 bits per heavy atom. The second-order valence-corrected chi connectivity index (χ2v) is 6.75. The van der Waals surface area contributed by atoms with E-state index < -0.39 is 4.92 Å². The Morgan fingerprint density at radius 2 is 1.54 bits per heavy atom. The number of rotatable bonds is 7. The number of carbonyl (C=O) groups excluding carboxylic acids is 1. The predicted octanol–water partition coefficient (Wildman–Crippen LogP) is 5.20. The molecule has 5 nitrogen and oxygen atoms in total. The molecule has 3 aromatic rings. The largest absolute Gasteiger partial charge is 0.352 e. The fourth-order valence-electron chi connectivity index (χ4n) is 3.12. The molecule has 0 radical (unpaired) electrons. The molecule has 0 heterocycles. The molecule has 0 unspecified atom stereocenters. The number of halogens is 1. The lowest BCUT2D eigenvalue weighted by Crippen LogP contribution is -2.26. The van der Waals surface area contributed by atoms with Crippen LogP contribution in [0.5, 0.6) is 0 Å². The van der Waals surface area contributed by atoms with Crippen LogP contribution in [-0.4, -0.2) is 17.4 Å². The van der Waals surface area contributed by atoms with Gasteiger partial charge in [-0.3, -0.25) is 14.9 Å². The first-order valence-corrected chi connectivity index (χ1v) is 9.26. The summed E-state index contributed by atoms with van der Waals surface area (Å²) in [4.78, 5) is 22.7. The minimum Gasteiger partial charge on any atom is -0.352 e. The number of hydrogen-bond donors (Lipinski definition) is 1. The highest BCUT2D eigenvalue weighted by Gasteiger charge is 2.17. The summed E-state index contributed by atoms with van der Waals surface area (Å²) in [6.07, 6.45) is 0.713. The van der Waals surface area contributed by atoms with Gasteiger partial charge in [0, 0.05) is 24.6 Å². The molecule has 0 saturated carbocycles. The Bertz CT molecular complexity index is 923. The van der Waals surface area contributed by atoms with Crippen LogP contribution < -0.4 is 5.32 Å². The molecule has 6 heteroatoms. The van der Waals surface area contributed by atoms with Gasteiger partial charge in [0.25, 0.3) is 11.6 Å². The van der Waals surface area contributed by atoms with E-state index in [1.165, 1.54) is 29.3 Å². The molecule has 0 aromatic heterocycles.